The summed E-state index contributed by atoms with van der Waals surface area (Å²) < 4.78 is 5.78. The number of pyridine rings is 1. The molecule has 0 saturated carbocycles. The minimum Gasteiger partial charge on any atom is -0.309 e. The van der Waals surface area contributed by atoms with Gasteiger partial charge in [0, 0.05) is 27.4 Å². The lowest BCUT2D eigenvalue weighted by atomic mass is 9.97. The molecule has 47 heavy (non-hydrogen) atoms. The number of benzene rings is 6. The Morgan fingerprint density at radius 3 is 2.04 bits per heavy atom. The molecule has 0 saturated heterocycles. The van der Waals surface area contributed by atoms with Crippen LogP contribution in [0.2, 0.25) is 0 Å². The van der Waals surface area contributed by atoms with Gasteiger partial charge in [-0.3, -0.25) is 4.40 Å². The molecule has 10 rings (SSSR count). The van der Waals surface area contributed by atoms with E-state index in [1.807, 2.05) is 18.2 Å². The van der Waals surface area contributed by atoms with E-state index in [0.717, 1.165) is 44.2 Å². The van der Waals surface area contributed by atoms with E-state index < -0.39 is 0 Å². The van der Waals surface area contributed by atoms with E-state index in [2.05, 4.69) is 141 Å². The van der Waals surface area contributed by atoms with Crippen LogP contribution in [0.1, 0.15) is 0 Å². The second-order valence-corrected chi connectivity index (χ2v) is 13.0. The van der Waals surface area contributed by atoms with Gasteiger partial charge in [0.2, 0.25) is 0 Å². The molecule has 0 N–H and O–H groups in total. The van der Waals surface area contributed by atoms with Crippen LogP contribution in [0.25, 0.3) is 91.4 Å². The highest BCUT2D eigenvalue weighted by molar-refractivity contribution is 7.25. The molecule has 0 unspecified atom stereocenters. The number of hydrogen-bond acceptors (Lipinski definition) is 2. The van der Waals surface area contributed by atoms with Gasteiger partial charge in [-0.1, -0.05) is 72.8 Å². The zero-order valence-corrected chi connectivity index (χ0v) is 25.9. The van der Waals surface area contributed by atoms with Gasteiger partial charge in [-0.2, -0.15) is 0 Å². The van der Waals surface area contributed by atoms with Crippen molar-refractivity contribution in [1.29, 1.82) is 0 Å². The number of nitrogens with zero attached hydrogens (tertiary/aromatic N) is 4. The van der Waals surface area contributed by atoms with E-state index >= 15 is 0 Å². The number of para-hydroxylation sites is 1. The average Bonchev–Trinajstić information content (AvgIpc) is 3.78. The number of imidazole rings is 1. The lowest BCUT2D eigenvalue weighted by molar-refractivity contribution is 1.18. The molecular weight excluding hydrogens is 593 g/mol. The van der Waals surface area contributed by atoms with Gasteiger partial charge in [0.25, 0.3) is 0 Å². The van der Waals surface area contributed by atoms with E-state index in [-0.39, 0.29) is 0 Å². The van der Waals surface area contributed by atoms with Gasteiger partial charge in [-0.15, -0.1) is 11.3 Å². The van der Waals surface area contributed by atoms with E-state index in [4.69, 9.17) is 11.6 Å². The molecule has 0 aliphatic heterocycles. The Labute approximate surface area is 273 Å². The maximum absolute atomic E-state index is 7.62. The average molecular weight is 617 g/mol. The standard InChI is InChI=1S/C42H24N4S/c1-43-32-17-19-38-36(24-32)35-23-30(15-18-37(35)46(38)33-7-3-2-4-8-33)28-12-11-27-22-29(14-13-26(27)21-28)31-16-20-40-44-41-34-9-5-6-10-39(34)47-42(41)45(40)25-31/h2-25H. The molecule has 4 heterocycles. The smallest absolute Gasteiger partial charge is 0.188 e. The predicted molar refractivity (Wildman–Crippen MR) is 197 cm³/mol. The summed E-state index contributed by atoms with van der Waals surface area (Å²) in [7, 11) is 0. The molecule has 0 aliphatic rings. The Bertz CT molecular complexity index is 2920. The van der Waals surface area contributed by atoms with Gasteiger partial charge in [0.15, 0.2) is 5.69 Å². The van der Waals surface area contributed by atoms with Crippen LogP contribution in [-0.2, 0) is 0 Å². The highest BCUT2D eigenvalue weighted by Gasteiger charge is 2.15. The predicted octanol–water partition coefficient (Wildman–Crippen LogP) is 11.8. The third-order valence-electron chi connectivity index (χ3n) is 9.32. The largest absolute Gasteiger partial charge is 0.309 e. The highest BCUT2D eigenvalue weighted by atomic mass is 32.1. The molecule has 6 aromatic carbocycles. The van der Waals surface area contributed by atoms with Crippen molar-refractivity contribution >= 4 is 75.7 Å². The topological polar surface area (TPSA) is 26.6 Å². The normalized spacial score (nSPS) is 11.8. The van der Waals surface area contributed by atoms with Crippen molar-refractivity contribution in [3.8, 4) is 27.9 Å². The fourth-order valence-corrected chi connectivity index (χ4v) is 8.17. The van der Waals surface area contributed by atoms with Gasteiger partial charge in [-0.25, -0.2) is 9.83 Å². The molecule has 0 atom stereocenters. The Hall–Kier alpha value is -6.22. The second-order valence-electron chi connectivity index (χ2n) is 12.0. The van der Waals surface area contributed by atoms with Crippen LogP contribution in [-0.4, -0.2) is 14.0 Å². The van der Waals surface area contributed by atoms with E-state index in [0.29, 0.717) is 5.69 Å². The van der Waals surface area contributed by atoms with Gasteiger partial charge in [0.1, 0.15) is 16.0 Å². The summed E-state index contributed by atoms with van der Waals surface area (Å²) in [4.78, 5) is 9.85. The van der Waals surface area contributed by atoms with Crippen molar-refractivity contribution in [2.75, 3.05) is 0 Å². The third-order valence-corrected chi connectivity index (χ3v) is 10.5. The minimum absolute atomic E-state index is 0.650. The van der Waals surface area contributed by atoms with Gasteiger partial charge >= 0.3 is 0 Å². The Balaban J connectivity index is 1.06. The third kappa shape index (κ3) is 3.96. The zero-order chi connectivity index (χ0) is 31.1. The highest BCUT2D eigenvalue weighted by Crippen LogP contribution is 2.38. The van der Waals surface area contributed by atoms with Crippen molar-refractivity contribution in [1.82, 2.24) is 14.0 Å². The lowest BCUT2D eigenvalue weighted by Gasteiger charge is -2.09. The fourth-order valence-electron chi connectivity index (χ4n) is 7.04. The maximum atomic E-state index is 7.62. The Morgan fingerprint density at radius 1 is 0.574 bits per heavy atom. The zero-order valence-electron chi connectivity index (χ0n) is 25.1. The molecule has 4 aromatic heterocycles. The van der Waals surface area contributed by atoms with Crippen LogP contribution >= 0.6 is 11.3 Å². The number of thiophene rings is 1. The summed E-state index contributed by atoms with van der Waals surface area (Å²) in [6, 6.07) is 49.3. The summed E-state index contributed by atoms with van der Waals surface area (Å²) in [5, 5.41) is 5.85. The molecule has 0 bridgehead atoms. The van der Waals surface area contributed by atoms with Gasteiger partial charge in [0.05, 0.1) is 17.6 Å². The number of hydrogen-bond donors (Lipinski definition) is 0. The first-order valence-corrected chi connectivity index (χ1v) is 16.4. The van der Waals surface area contributed by atoms with Crippen LogP contribution in [0.5, 0.6) is 0 Å². The monoisotopic (exact) mass is 616 g/mol. The summed E-state index contributed by atoms with van der Waals surface area (Å²) in [5.41, 5.74) is 10.7. The first kappa shape index (κ1) is 26.0. The molecule has 0 fully saturated rings. The van der Waals surface area contributed by atoms with E-state index in [1.165, 1.54) is 42.4 Å². The second kappa shape index (κ2) is 9.89. The first-order chi connectivity index (χ1) is 23.2. The van der Waals surface area contributed by atoms with Crippen molar-refractivity contribution < 1.29 is 0 Å². The molecule has 0 amide bonds. The van der Waals surface area contributed by atoms with Crippen molar-refractivity contribution in [3.63, 3.8) is 0 Å². The molecule has 5 heteroatoms. The van der Waals surface area contributed by atoms with Crippen molar-refractivity contribution in [2.24, 2.45) is 0 Å². The van der Waals surface area contributed by atoms with Crippen molar-refractivity contribution in [2.45, 2.75) is 0 Å². The molecule has 4 nitrogen and oxygen atoms in total. The first-order valence-electron chi connectivity index (χ1n) is 15.6. The number of rotatable bonds is 3. The minimum atomic E-state index is 0.650. The van der Waals surface area contributed by atoms with Gasteiger partial charge < -0.3 is 4.57 Å². The quantitative estimate of drug-likeness (QED) is 0.181. The van der Waals surface area contributed by atoms with Gasteiger partial charge in [-0.05, 0) is 105 Å². The Morgan fingerprint density at radius 2 is 1.23 bits per heavy atom. The summed E-state index contributed by atoms with van der Waals surface area (Å²) in [6.45, 7) is 7.62. The maximum Gasteiger partial charge on any atom is 0.188 e. The van der Waals surface area contributed by atoms with Crippen LogP contribution in [0.4, 0.5) is 5.69 Å². The summed E-state index contributed by atoms with van der Waals surface area (Å²) in [5.74, 6) is 0. The molecular formula is C42H24N4S. The molecule has 10 aromatic rings. The van der Waals surface area contributed by atoms with Crippen LogP contribution < -0.4 is 0 Å². The van der Waals surface area contributed by atoms with Crippen LogP contribution in [0.3, 0.4) is 0 Å². The van der Waals surface area contributed by atoms with E-state index in [9.17, 15) is 0 Å². The Kier molecular flexibility index (Phi) is 5.48. The summed E-state index contributed by atoms with van der Waals surface area (Å²) >= 11 is 1.79. The molecule has 218 valence electrons. The van der Waals surface area contributed by atoms with Crippen molar-refractivity contribution in [3.05, 3.63) is 157 Å². The SMILES string of the molecule is [C-]#[N+]c1ccc2c(c1)c1cc(-c3ccc4cc(-c5ccc6nc7c8ccccc8sc7n6c5)ccc4c3)ccc1n2-c1ccccc1. The molecule has 0 spiro atoms. The van der Waals surface area contributed by atoms with E-state index in [1.54, 1.807) is 11.3 Å². The summed E-state index contributed by atoms with van der Waals surface area (Å²) in [6.07, 6.45) is 2.22. The van der Waals surface area contributed by atoms with Crippen LogP contribution in [0.15, 0.2) is 146 Å². The lowest BCUT2D eigenvalue weighted by Crippen LogP contribution is -1.92. The van der Waals surface area contributed by atoms with Crippen LogP contribution in [0, 0.1) is 6.57 Å². The number of aromatic nitrogens is 3. The number of fused-ring (bicyclic) bond motifs is 9. The molecule has 0 radical (unpaired) electrons. The fraction of sp³-hybridized carbons (Fsp3) is 0. The molecule has 0 aliphatic carbocycles.